The Bertz CT molecular complexity index is 628. The van der Waals surface area contributed by atoms with Crippen molar-refractivity contribution in [3.8, 4) is 11.5 Å². The third kappa shape index (κ3) is 4.49. The van der Waals surface area contributed by atoms with Crippen molar-refractivity contribution in [1.29, 1.82) is 0 Å². The molecule has 0 saturated carbocycles. The first kappa shape index (κ1) is 16.8. The molecule has 0 aliphatic rings. The number of hydrogen-bond acceptors (Lipinski definition) is 3. The second kappa shape index (κ2) is 8.20. The van der Waals surface area contributed by atoms with Crippen LogP contribution in [0.2, 0.25) is 0 Å². The van der Waals surface area contributed by atoms with E-state index in [-0.39, 0.29) is 0 Å². The lowest BCUT2D eigenvalue weighted by molar-refractivity contribution is 0.282. The van der Waals surface area contributed by atoms with Crippen LogP contribution in [0.15, 0.2) is 40.9 Å². The molecule has 118 valence electrons. The number of nitrogens with one attached hydrogen (secondary N) is 1. The Labute approximate surface area is 140 Å². The molecule has 2 aromatic rings. The smallest absolute Gasteiger partial charge is 0.175 e. The van der Waals surface area contributed by atoms with E-state index in [2.05, 4.69) is 59.4 Å². The summed E-state index contributed by atoms with van der Waals surface area (Å²) in [6.07, 6.45) is 0. The lowest BCUT2D eigenvalue weighted by Crippen LogP contribution is -2.12. The Hall–Kier alpha value is -1.52. The molecule has 0 aromatic heterocycles. The molecule has 0 heterocycles. The van der Waals surface area contributed by atoms with Crippen molar-refractivity contribution in [1.82, 2.24) is 5.32 Å². The zero-order chi connectivity index (χ0) is 15.9. The van der Waals surface area contributed by atoms with E-state index in [1.54, 1.807) is 7.11 Å². The summed E-state index contributed by atoms with van der Waals surface area (Å²) in [6.45, 7) is 6.43. The molecule has 0 bridgehead atoms. The van der Waals surface area contributed by atoms with Crippen molar-refractivity contribution in [2.24, 2.45) is 0 Å². The number of ether oxygens (including phenoxy) is 2. The van der Waals surface area contributed by atoms with E-state index < -0.39 is 0 Å². The molecule has 0 radical (unpaired) electrons. The van der Waals surface area contributed by atoms with Crippen LogP contribution < -0.4 is 14.8 Å². The molecule has 0 amide bonds. The molecule has 1 N–H and O–H groups in total. The Morgan fingerprint density at radius 1 is 1.14 bits per heavy atom. The van der Waals surface area contributed by atoms with Gasteiger partial charge in [0.15, 0.2) is 11.5 Å². The first-order chi connectivity index (χ1) is 10.6. The fourth-order valence-corrected chi connectivity index (χ4v) is 2.85. The summed E-state index contributed by atoms with van der Waals surface area (Å²) >= 11 is 3.59. The van der Waals surface area contributed by atoms with Crippen molar-refractivity contribution in [2.75, 3.05) is 13.7 Å². The highest BCUT2D eigenvalue weighted by atomic mass is 79.9. The lowest BCUT2D eigenvalue weighted by Gasteiger charge is -2.15. The maximum Gasteiger partial charge on any atom is 0.175 e. The van der Waals surface area contributed by atoms with Crippen LogP contribution in [0.5, 0.6) is 11.5 Å². The third-order valence-corrected chi connectivity index (χ3v) is 3.92. The molecule has 3 nitrogen and oxygen atoms in total. The average Bonchev–Trinajstić information content (AvgIpc) is 2.51. The maximum atomic E-state index is 5.97. The van der Waals surface area contributed by atoms with Gasteiger partial charge in [0.05, 0.1) is 11.6 Å². The number of methoxy groups -OCH3 is 1. The van der Waals surface area contributed by atoms with Gasteiger partial charge in [-0.05, 0) is 52.7 Å². The summed E-state index contributed by atoms with van der Waals surface area (Å²) in [7, 11) is 1.67. The van der Waals surface area contributed by atoms with Crippen LogP contribution >= 0.6 is 15.9 Å². The van der Waals surface area contributed by atoms with Crippen molar-refractivity contribution in [2.45, 2.75) is 27.0 Å². The molecular formula is C18H22BrNO2. The van der Waals surface area contributed by atoms with Crippen molar-refractivity contribution in [3.63, 3.8) is 0 Å². The molecule has 2 rings (SSSR count). The summed E-state index contributed by atoms with van der Waals surface area (Å²) < 4.78 is 12.4. The predicted molar refractivity (Wildman–Crippen MR) is 93.6 cm³/mol. The zero-order valence-corrected chi connectivity index (χ0v) is 14.9. The highest BCUT2D eigenvalue weighted by Gasteiger charge is 2.12. The van der Waals surface area contributed by atoms with Crippen molar-refractivity contribution < 1.29 is 9.47 Å². The van der Waals surface area contributed by atoms with Crippen LogP contribution in [0.4, 0.5) is 0 Å². The maximum absolute atomic E-state index is 5.97. The van der Waals surface area contributed by atoms with Crippen molar-refractivity contribution >= 4 is 15.9 Å². The summed E-state index contributed by atoms with van der Waals surface area (Å²) in [4.78, 5) is 0. The van der Waals surface area contributed by atoms with Crippen LogP contribution in [0.3, 0.4) is 0 Å². The molecule has 4 heteroatoms. The fourth-order valence-electron chi connectivity index (χ4n) is 2.24. The molecule has 0 aliphatic carbocycles. The number of hydrogen-bond donors (Lipinski definition) is 1. The molecule has 2 aromatic carbocycles. The zero-order valence-electron chi connectivity index (χ0n) is 13.3. The highest BCUT2D eigenvalue weighted by Crippen LogP contribution is 2.37. The van der Waals surface area contributed by atoms with Gasteiger partial charge in [-0.1, -0.05) is 36.8 Å². The Morgan fingerprint density at radius 3 is 2.64 bits per heavy atom. The molecule has 0 atom stereocenters. The van der Waals surface area contributed by atoms with E-state index in [4.69, 9.17) is 9.47 Å². The van der Waals surface area contributed by atoms with Crippen LogP contribution in [0.25, 0.3) is 0 Å². The third-order valence-electron chi connectivity index (χ3n) is 3.33. The highest BCUT2D eigenvalue weighted by molar-refractivity contribution is 9.10. The first-order valence-electron chi connectivity index (χ1n) is 7.39. The van der Waals surface area contributed by atoms with Gasteiger partial charge >= 0.3 is 0 Å². The van der Waals surface area contributed by atoms with Crippen LogP contribution in [-0.4, -0.2) is 13.7 Å². The van der Waals surface area contributed by atoms with Gasteiger partial charge in [0.2, 0.25) is 0 Å². The number of benzene rings is 2. The second-order valence-electron chi connectivity index (χ2n) is 5.17. The van der Waals surface area contributed by atoms with E-state index in [9.17, 15) is 0 Å². The van der Waals surface area contributed by atoms with Gasteiger partial charge in [-0.2, -0.15) is 0 Å². The SMILES string of the molecule is CCNCc1cc(Br)c(OCc2cccc(C)c2)c(OC)c1. The minimum atomic E-state index is 0.517. The van der Waals surface area contributed by atoms with Gasteiger partial charge in [-0.3, -0.25) is 0 Å². The standard InChI is InChI=1S/C18H22BrNO2/c1-4-20-11-15-9-16(19)18(17(10-15)21-3)22-12-14-7-5-6-13(2)8-14/h5-10,20H,4,11-12H2,1-3H3. The number of halogens is 1. The molecule has 0 spiro atoms. The summed E-state index contributed by atoms with van der Waals surface area (Å²) in [5, 5.41) is 3.31. The molecule has 0 aliphatic heterocycles. The first-order valence-corrected chi connectivity index (χ1v) is 8.18. The summed E-state index contributed by atoms with van der Waals surface area (Å²) in [6, 6.07) is 12.4. The van der Waals surface area contributed by atoms with Gasteiger partial charge in [0.1, 0.15) is 6.61 Å². The number of rotatable bonds is 7. The molecule has 0 unspecified atom stereocenters. The normalized spacial score (nSPS) is 10.5. The lowest BCUT2D eigenvalue weighted by atomic mass is 10.1. The van der Waals surface area contributed by atoms with Gasteiger partial charge in [0.25, 0.3) is 0 Å². The molecule has 0 saturated heterocycles. The summed E-state index contributed by atoms with van der Waals surface area (Å²) in [5.74, 6) is 1.49. The monoisotopic (exact) mass is 363 g/mol. The molecular weight excluding hydrogens is 342 g/mol. The van der Waals surface area contributed by atoms with E-state index in [1.807, 2.05) is 12.1 Å². The van der Waals surface area contributed by atoms with E-state index >= 15 is 0 Å². The van der Waals surface area contributed by atoms with E-state index in [0.717, 1.165) is 40.2 Å². The van der Waals surface area contributed by atoms with Crippen LogP contribution in [-0.2, 0) is 13.2 Å². The van der Waals surface area contributed by atoms with E-state index in [1.165, 1.54) is 5.56 Å². The molecule has 22 heavy (non-hydrogen) atoms. The quantitative estimate of drug-likeness (QED) is 0.787. The number of aryl methyl sites for hydroxylation is 1. The van der Waals surface area contributed by atoms with Crippen molar-refractivity contribution in [3.05, 3.63) is 57.6 Å². The fraction of sp³-hybridized carbons (Fsp3) is 0.333. The largest absolute Gasteiger partial charge is 0.493 e. The predicted octanol–water partition coefficient (Wildman–Crippen LogP) is 4.45. The van der Waals surface area contributed by atoms with Gasteiger partial charge < -0.3 is 14.8 Å². The Morgan fingerprint density at radius 2 is 1.95 bits per heavy atom. The molecule has 0 fully saturated rings. The van der Waals surface area contributed by atoms with Crippen LogP contribution in [0, 0.1) is 6.92 Å². The van der Waals surface area contributed by atoms with E-state index in [0.29, 0.717) is 6.61 Å². The Kier molecular flexibility index (Phi) is 6.28. The Balaban J connectivity index is 2.15. The van der Waals surface area contributed by atoms with Gasteiger partial charge in [-0.15, -0.1) is 0 Å². The topological polar surface area (TPSA) is 30.5 Å². The van der Waals surface area contributed by atoms with Gasteiger partial charge in [0, 0.05) is 6.54 Å². The minimum Gasteiger partial charge on any atom is -0.493 e. The van der Waals surface area contributed by atoms with Gasteiger partial charge in [-0.25, -0.2) is 0 Å². The second-order valence-corrected chi connectivity index (χ2v) is 6.02. The average molecular weight is 364 g/mol. The summed E-state index contributed by atoms with van der Waals surface area (Å²) in [5.41, 5.74) is 3.53. The minimum absolute atomic E-state index is 0.517. The van der Waals surface area contributed by atoms with Crippen LogP contribution in [0.1, 0.15) is 23.6 Å².